The Labute approximate surface area is 74.8 Å². The van der Waals surface area contributed by atoms with E-state index in [9.17, 15) is 32.5 Å². The minimum absolute atomic E-state index is 0.716. The Balaban J connectivity index is 4.30. The van der Waals surface area contributed by atoms with E-state index in [2.05, 4.69) is 3.63 Å². The smallest absolute Gasteiger partial charge is 0.258 e. The zero-order valence-corrected chi connectivity index (χ0v) is 7.16. The van der Waals surface area contributed by atoms with E-state index in [1.54, 1.807) is 0 Å². The predicted octanol–water partition coefficient (Wildman–Crippen LogP) is -0.298. The molecule has 0 amide bonds. The van der Waals surface area contributed by atoms with Crippen LogP contribution in [-0.4, -0.2) is 23.8 Å². The molecule has 9 nitrogen and oxygen atoms in total. The van der Waals surface area contributed by atoms with Crippen molar-refractivity contribution in [3.63, 3.8) is 0 Å². The van der Waals surface area contributed by atoms with Crippen LogP contribution in [0, 0.1) is 20.2 Å². The van der Waals surface area contributed by atoms with Crippen LogP contribution in [0.4, 0.5) is 3.89 Å². The third-order valence-corrected chi connectivity index (χ3v) is 2.05. The molecule has 13 heavy (non-hydrogen) atoms. The molecule has 0 aliphatic carbocycles. The average Bonchev–Trinajstić information content (AvgIpc) is 1.82. The lowest BCUT2D eigenvalue weighted by Gasteiger charge is -1.97. The Morgan fingerprint density at radius 2 is 1.69 bits per heavy atom. The second-order valence-electron chi connectivity index (χ2n) is 1.45. The number of hydrogen-bond donors (Lipinski definition) is 0. The summed E-state index contributed by atoms with van der Waals surface area (Å²) in [6, 6.07) is 0. The van der Waals surface area contributed by atoms with Gasteiger partial charge in [-0.25, -0.2) is 0 Å². The van der Waals surface area contributed by atoms with E-state index in [1.807, 2.05) is 0 Å². The van der Waals surface area contributed by atoms with Crippen molar-refractivity contribution in [2.45, 2.75) is 5.50 Å². The van der Waals surface area contributed by atoms with Crippen molar-refractivity contribution >= 4 is 22.5 Å². The molecular weight excluding hydrogens is 235 g/mol. The quantitative estimate of drug-likeness (QED) is 0.209. The van der Waals surface area contributed by atoms with Crippen molar-refractivity contribution in [1.82, 2.24) is 0 Å². The summed E-state index contributed by atoms with van der Waals surface area (Å²) in [4.78, 5) is 16.7. The van der Waals surface area contributed by atoms with E-state index in [4.69, 9.17) is 0 Å². The third kappa shape index (κ3) is 5.26. The Kier molecular flexibility index (Phi) is 3.96. The van der Waals surface area contributed by atoms with Crippen LogP contribution in [0.3, 0.4) is 0 Å². The van der Waals surface area contributed by atoms with E-state index in [-0.39, 0.29) is 0 Å². The maximum absolute atomic E-state index is 11.6. The maximum Gasteiger partial charge on any atom is 0.523 e. The largest absolute Gasteiger partial charge is 0.523 e. The van der Waals surface area contributed by atoms with Crippen LogP contribution in [0.2, 0.25) is 0 Å². The molecule has 0 N–H and O–H groups in total. The lowest BCUT2D eigenvalue weighted by molar-refractivity contribution is -0.710. The van der Waals surface area contributed by atoms with Gasteiger partial charge in [0.25, 0.3) is 0 Å². The highest BCUT2D eigenvalue weighted by Crippen LogP contribution is 2.17. The van der Waals surface area contributed by atoms with Crippen molar-refractivity contribution in [3.05, 3.63) is 20.2 Å². The van der Waals surface area contributed by atoms with E-state index < -0.39 is 37.9 Å². The first-order valence-electron chi connectivity index (χ1n) is 2.30. The summed E-state index contributed by atoms with van der Waals surface area (Å²) in [5.74, 6) is 0. The van der Waals surface area contributed by atoms with E-state index in [1.165, 1.54) is 0 Å². The summed E-state index contributed by atoms with van der Waals surface area (Å²) in [6.07, 6.45) is 0. The molecule has 0 aliphatic heterocycles. The van der Waals surface area contributed by atoms with Crippen LogP contribution in [0.5, 0.6) is 0 Å². The molecule has 0 saturated heterocycles. The van der Waals surface area contributed by atoms with Crippen molar-refractivity contribution in [3.8, 4) is 0 Å². The van der Waals surface area contributed by atoms with Gasteiger partial charge >= 0.3 is 16.0 Å². The van der Waals surface area contributed by atoms with Gasteiger partial charge in [0.15, 0.2) is 12.0 Å². The molecule has 0 saturated carbocycles. The summed E-state index contributed by atoms with van der Waals surface area (Å²) in [7, 11) is -5.43. The van der Waals surface area contributed by atoms with Crippen molar-refractivity contribution < 1.29 is 25.8 Å². The zero-order chi connectivity index (χ0) is 10.6. The van der Waals surface area contributed by atoms with Gasteiger partial charge < -0.3 is 0 Å². The van der Waals surface area contributed by atoms with Crippen LogP contribution in [0.25, 0.3) is 0 Å². The van der Waals surface area contributed by atoms with Crippen LogP contribution in [0.15, 0.2) is 0 Å². The molecule has 0 spiro atoms. The van der Waals surface area contributed by atoms with Crippen molar-refractivity contribution in [1.29, 1.82) is 0 Å². The van der Waals surface area contributed by atoms with Gasteiger partial charge in [-0.15, -0.1) is 0 Å². The van der Waals surface area contributed by atoms with Crippen LogP contribution in [-0.2, 0) is 14.1 Å². The summed E-state index contributed by atoms with van der Waals surface area (Å²) in [5.41, 5.74) is -2.58. The molecular formula is CHFN2O7S2. The van der Waals surface area contributed by atoms with E-state index >= 15 is 0 Å². The molecule has 12 heteroatoms. The van der Waals surface area contributed by atoms with Crippen LogP contribution >= 0.6 is 12.0 Å². The SMILES string of the molecule is O=[N+]([O-])C(SOS(=O)(=O)F)[N+](=O)[O-]. The number of nitrogens with zero attached hydrogens (tertiary/aromatic N) is 2. The Hall–Kier alpha value is -1.01. The lowest BCUT2D eigenvalue weighted by atomic mass is 11.2. The molecule has 0 atom stereocenters. The van der Waals surface area contributed by atoms with Gasteiger partial charge in [0, 0.05) is 0 Å². The first-order valence-corrected chi connectivity index (χ1v) is 4.42. The molecule has 0 fully saturated rings. The van der Waals surface area contributed by atoms with Gasteiger partial charge in [-0.05, 0) is 0 Å². The highest BCUT2D eigenvalue weighted by atomic mass is 32.3. The first kappa shape index (κ1) is 12.0. The van der Waals surface area contributed by atoms with Gasteiger partial charge in [0.05, 0.1) is 0 Å². The molecule has 0 bridgehead atoms. The fourth-order valence-corrected chi connectivity index (χ4v) is 1.03. The molecule has 0 rings (SSSR count). The highest BCUT2D eigenvalue weighted by molar-refractivity contribution is 8.03. The van der Waals surface area contributed by atoms with Gasteiger partial charge in [-0.2, -0.15) is 12.0 Å². The van der Waals surface area contributed by atoms with E-state index in [0.29, 0.717) is 0 Å². The zero-order valence-electron chi connectivity index (χ0n) is 5.52. The average molecular weight is 236 g/mol. The summed E-state index contributed by atoms with van der Waals surface area (Å²) in [5, 5.41) is 19.6. The topological polar surface area (TPSA) is 130 Å². The summed E-state index contributed by atoms with van der Waals surface area (Å²) < 4.78 is 34.0. The number of halogens is 1. The molecule has 0 aromatic heterocycles. The molecule has 0 aromatic rings. The van der Waals surface area contributed by atoms with Gasteiger partial charge in [-0.3, -0.25) is 20.2 Å². The maximum atomic E-state index is 11.6. The Bertz CT molecular complexity index is 296. The fourth-order valence-electron chi connectivity index (χ4n) is 0.229. The molecule has 0 aliphatic rings. The number of hydrogen-bond acceptors (Lipinski definition) is 8. The van der Waals surface area contributed by atoms with Gasteiger partial charge in [0.1, 0.15) is 9.85 Å². The summed E-state index contributed by atoms with van der Waals surface area (Å²) in [6.45, 7) is 0. The number of nitro groups is 2. The lowest BCUT2D eigenvalue weighted by Crippen LogP contribution is -2.25. The van der Waals surface area contributed by atoms with Gasteiger partial charge in [-0.1, -0.05) is 3.89 Å². The monoisotopic (exact) mass is 236 g/mol. The van der Waals surface area contributed by atoms with Crippen LogP contribution in [0.1, 0.15) is 0 Å². The fraction of sp³-hybridized carbons (Fsp3) is 1.00. The normalized spacial score (nSPS) is 11.5. The highest BCUT2D eigenvalue weighted by Gasteiger charge is 2.36. The Morgan fingerprint density at radius 3 is 1.92 bits per heavy atom. The summed E-state index contributed by atoms with van der Waals surface area (Å²) >= 11 is -0.716. The molecule has 0 unspecified atom stereocenters. The van der Waals surface area contributed by atoms with Gasteiger partial charge in [0.2, 0.25) is 0 Å². The number of rotatable bonds is 5. The standard InChI is InChI=1S/CHFN2O7S2/c2-13(9,10)11-12-1(3(5)6)4(7)8/h1H. The molecule has 0 aromatic carbocycles. The second kappa shape index (κ2) is 4.29. The Morgan fingerprint density at radius 1 is 1.31 bits per heavy atom. The molecule has 0 heterocycles. The molecule has 0 radical (unpaired) electrons. The molecule has 76 valence electrons. The third-order valence-electron chi connectivity index (χ3n) is 0.567. The van der Waals surface area contributed by atoms with E-state index in [0.717, 1.165) is 0 Å². The van der Waals surface area contributed by atoms with Crippen molar-refractivity contribution in [2.24, 2.45) is 0 Å². The predicted molar refractivity (Wildman–Crippen MR) is 36.5 cm³/mol. The second-order valence-corrected chi connectivity index (χ2v) is 3.40. The van der Waals surface area contributed by atoms with Crippen molar-refractivity contribution in [2.75, 3.05) is 0 Å². The minimum atomic E-state index is -5.43. The minimum Gasteiger partial charge on any atom is -0.258 e. The van der Waals surface area contributed by atoms with Crippen LogP contribution < -0.4 is 0 Å². The first-order chi connectivity index (χ1) is 5.74.